The first-order chi connectivity index (χ1) is 8.02. The Morgan fingerprint density at radius 3 is 2.82 bits per heavy atom. The standard InChI is InChI=1S/C10H17N3O3S/c1-7(2)3-8(6-14)4-11-10-12-5-9(17-10)13(15)16/h5,7-8,14H,3-4,6H2,1-2H3,(H,11,12)/t8-/m0/s1. The summed E-state index contributed by atoms with van der Waals surface area (Å²) in [5, 5.41) is 23.2. The van der Waals surface area contributed by atoms with Crippen LogP contribution in [0, 0.1) is 22.0 Å². The van der Waals surface area contributed by atoms with Gasteiger partial charge in [-0.15, -0.1) is 0 Å². The number of aliphatic hydroxyl groups is 1. The van der Waals surface area contributed by atoms with E-state index < -0.39 is 4.92 Å². The fourth-order valence-corrected chi connectivity index (χ4v) is 2.19. The van der Waals surface area contributed by atoms with Crippen LogP contribution in [0.25, 0.3) is 0 Å². The highest BCUT2D eigenvalue weighted by Crippen LogP contribution is 2.25. The zero-order valence-corrected chi connectivity index (χ0v) is 10.7. The van der Waals surface area contributed by atoms with Crippen LogP contribution in [0.2, 0.25) is 0 Å². The van der Waals surface area contributed by atoms with Crippen molar-refractivity contribution in [3.05, 3.63) is 16.3 Å². The number of nitrogens with one attached hydrogen (secondary N) is 1. The molecule has 1 aromatic heterocycles. The summed E-state index contributed by atoms with van der Waals surface area (Å²) in [6, 6.07) is 0. The maximum Gasteiger partial charge on any atom is 0.345 e. The third-order valence-corrected chi connectivity index (χ3v) is 3.19. The van der Waals surface area contributed by atoms with Crippen molar-refractivity contribution in [1.29, 1.82) is 0 Å². The van der Waals surface area contributed by atoms with Gasteiger partial charge in [0, 0.05) is 13.2 Å². The van der Waals surface area contributed by atoms with Gasteiger partial charge in [0.05, 0.1) is 4.92 Å². The van der Waals surface area contributed by atoms with Gasteiger partial charge in [-0.05, 0) is 29.6 Å². The molecular formula is C10H17N3O3S. The Morgan fingerprint density at radius 1 is 1.65 bits per heavy atom. The van der Waals surface area contributed by atoms with Crippen LogP contribution >= 0.6 is 11.3 Å². The summed E-state index contributed by atoms with van der Waals surface area (Å²) in [7, 11) is 0. The zero-order chi connectivity index (χ0) is 12.8. The van der Waals surface area contributed by atoms with E-state index in [9.17, 15) is 15.2 Å². The fraction of sp³-hybridized carbons (Fsp3) is 0.700. The lowest BCUT2D eigenvalue weighted by Crippen LogP contribution is -2.19. The third kappa shape index (κ3) is 4.66. The minimum atomic E-state index is -0.458. The predicted molar refractivity (Wildman–Crippen MR) is 67.3 cm³/mol. The molecule has 0 aromatic carbocycles. The van der Waals surface area contributed by atoms with Crippen LogP contribution in [0.5, 0.6) is 0 Å². The van der Waals surface area contributed by atoms with Gasteiger partial charge in [-0.1, -0.05) is 13.8 Å². The first-order valence-electron chi connectivity index (χ1n) is 5.47. The molecule has 17 heavy (non-hydrogen) atoms. The van der Waals surface area contributed by atoms with Crippen LogP contribution in [0.4, 0.5) is 10.1 Å². The number of nitro groups is 1. The van der Waals surface area contributed by atoms with Gasteiger partial charge in [0.25, 0.3) is 0 Å². The fourth-order valence-electron chi connectivity index (χ4n) is 1.55. The van der Waals surface area contributed by atoms with Gasteiger partial charge >= 0.3 is 5.00 Å². The molecule has 0 fully saturated rings. The number of hydrogen-bond acceptors (Lipinski definition) is 6. The van der Waals surface area contributed by atoms with Crippen molar-refractivity contribution in [2.75, 3.05) is 18.5 Å². The van der Waals surface area contributed by atoms with Gasteiger partial charge in [0.1, 0.15) is 6.20 Å². The van der Waals surface area contributed by atoms with E-state index in [2.05, 4.69) is 24.1 Å². The molecule has 0 unspecified atom stereocenters. The summed E-state index contributed by atoms with van der Waals surface area (Å²) >= 11 is 1.01. The number of aliphatic hydroxyl groups excluding tert-OH is 1. The van der Waals surface area contributed by atoms with Gasteiger partial charge < -0.3 is 10.4 Å². The maximum absolute atomic E-state index is 10.5. The number of rotatable bonds is 7. The Bertz CT molecular complexity index is 367. The molecule has 0 bridgehead atoms. The first-order valence-corrected chi connectivity index (χ1v) is 6.29. The van der Waals surface area contributed by atoms with E-state index in [1.807, 2.05) is 0 Å². The zero-order valence-electron chi connectivity index (χ0n) is 9.92. The third-order valence-electron chi connectivity index (χ3n) is 2.28. The highest BCUT2D eigenvalue weighted by Gasteiger charge is 2.13. The molecule has 0 saturated heterocycles. The molecule has 1 rings (SSSR count). The van der Waals surface area contributed by atoms with Crippen molar-refractivity contribution in [2.45, 2.75) is 20.3 Å². The molecule has 0 saturated carbocycles. The lowest BCUT2D eigenvalue weighted by atomic mass is 9.98. The average Bonchev–Trinajstić information content (AvgIpc) is 2.72. The largest absolute Gasteiger partial charge is 0.396 e. The number of nitrogens with zero attached hydrogens (tertiary/aromatic N) is 2. The minimum absolute atomic E-state index is 0.0249. The van der Waals surface area contributed by atoms with E-state index in [1.54, 1.807) is 0 Å². The molecular weight excluding hydrogens is 242 g/mol. The number of hydrogen-bond donors (Lipinski definition) is 2. The molecule has 0 aliphatic carbocycles. The smallest absolute Gasteiger partial charge is 0.345 e. The molecule has 0 radical (unpaired) electrons. The summed E-state index contributed by atoms with van der Waals surface area (Å²) in [5.74, 6) is 0.664. The van der Waals surface area contributed by atoms with E-state index in [0.717, 1.165) is 17.8 Å². The Labute approximate surface area is 104 Å². The summed E-state index contributed by atoms with van der Waals surface area (Å²) in [6.45, 7) is 4.88. The molecule has 0 aliphatic rings. The Hall–Kier alpha value is -1.21. The second kappa shape index (κ2) is 6.51. The lowest BCUT2D eigenvalue weighted by Gasteiger charge is -2.16. The SMILES string of the molecule is CC(C)C[C@H](CO)CNc1ncc([N+](=O)[O-])s1. The maximum atomic E-state index is 10.5. The van der Waals surface area contributed by atoms with Crippen LogP contribution in [0.1, 0.15) is 20.3 Å². The quantitative estimate of drug-likeness (QED) is 0.578. The number of anilines is 1. The molecule has 96 valence electrons. The molecule has 7 heteroatoms. The van der Waals surface area contributed by atoms with Crippen LogP contribution in [-0.2, 0) is 0 Å². The molecule has 6 nitrogen and oxygen atoms in total. The van der Waals surface area contributed by atoms with E-state index in [0.29, 0.717) is 17.6 Å². The molecule has 0 aliphatic heterocycles. The Balaban J connectivity index is 2.45. The van der Waals surface area contributed by atoms with E-state index in [-0.39, 0.29) is 17.5 Å². The van der Waals surface area contributed by atoms with Crippen molar-refractivity contribution < 1.29 is 10.0 Å². The highest BCUT2D eigenvalue weighted by atomic mass is 32.1. The van der Waals surface area contributed by atoms with Crippen LogP contribution in [0.15, 0.2) is 6.20 Å². The van der Waals surface area contributed by atoms with Gasteiger partial charge in [0.2, 0.25) is 0 Å². The first kappa shape index (κ1) is 13.9. The van der Waals surface area contributed by atoms with Crippen molar-refractivity contribution >= 4 is 21.5 Å². The van der Waals surface area contributed by atoms with Crippen LogP contribution in [0.3, 0.4) is 0 Å². The highest BCUT2D eigenvalue weighted by molar-refractivity contribution is 7.18. The van der Waals surface area contributed by atoms with Gasteiger partial charge in [0.15, 0.2) is 5.13 Å². The molecule has 1 aromatic rings. The average molecular weight is 259 g/mol. The molecule has 2 N–H and O–H groups in total. The van der Waals surface area contributed by atoms with E-state index in [1.165, 1.54) is 6.20 Å². The monoisotopic (exact) mass is 259 g/mol. The van der Waals surface area contributed by atoms with Crippen LogP contribution < -0.4 is 5.32 Å². The lowest BCUT2D eigenvalue weighted by molar-refractivity contribution is -0.380. The second-order valence-corrected chi connectivity index (χ2v) is 5.33. The van der Waals surface area contributed by atoms with Crippen LogP contribution in [-0.4, -0.2) is 28.2 Å². The van der Waals surface area contributed by atoms with Crippen molar-refractivity contribution in [3.63, 3.8) is 0 Å². The number of thiazole rings is 1. The van der Waals surface area contributed by atoms with E-state index in [4.69, 9.17) is 0 Å². The molecule has 1 heterocycles. The summed E-state index contributed by atoms with van der Waals surface area (Å²) in [6.07, 6.45) is 2.15. The van der Waals surface area contributed by atoms with Crippen molar-refractivity contribution in [1.82, 2.24) is 4.98 Å². The molecule has 0 amide bonds. The Morgan fingerprint density at radius 2 is 2.35 bits per heavy atom. The predicted octanol–water partition coefficient (Wildman–Crippen LogP) is 2.12. The normalized spacial score (nSPS) is 12.7. The van der Waals surface area contributed by atoms with Gasteiger partial charge in [-0.3, -0.25) is 10.1 Å². The number of aromatic nitrogens is 1. The minimum Gasteiger partial charge on any atom is -0.396 e. The summed E-state index contributed by atoms with van der Waals surface area (Å²) in [4.78, 5) is 13.9. The summed E-state index contributed by atoms with van der Waals surface area (Å²) in [5.41, 5.74) is 0. The van der Waals surface area contributed by atoms with Crippen molar-refractivity contribution in [2.24, 2.45) is 11.8 Å². The van der Waals surface area contributed by atoms with Gasteiger partial charge in [-0.25, -0.2) is 4.98 Å². The summed E-state index contributed by atoms with van der Waals surface area (Å²) < 4.78 is 0. The molecule has 0 spiro atoms. The van der Waals surface area contributed by atoms with E-state index >= 15 is 0 Å². The topological polar surface area (TPSA) is 88.3 Å². The van der Waals surface area contributed by atoms with Gasteiger partial charge in [-0.2, -0.15) is 0 Å². The Kier molecular flexibility index (Phi) is 5.30. The second-order valence-electron chi connectivity index (χ2n) is 4.32. The molecule has 1 atom stereocenters. The van der Waals surface area contributed by atoms with Crippen molar-refractivity contribution in [3.8, 4) is 0 Å².